The molecule has 3 N–H and O–H groups in total. The van der Waals surface area contributed by atoms with Crippen LogP contribution >= 0.6 is 11.6 Å². The van der Waals surface area contributed by atoms with Crippen LogP contribution in [0.15, 0.2) is 42.5 Å². The number of hydrogen-bond acceptors (Lipinski definition) is 3. The molecule has 138 valence electrons. The lowest BCUT2D eigenvalue weighted by atomic mass is 10.2. The van der Waals surface area contributed by atoms with Crippen LogP contribution in [-0.2, 0) is 4.79 Å². The van der Waals surface area contributed by atoms with Gasteiger partial charge in [-0.2, -0.15) is 0 Å². The maximum absolute atomic E-state index is 12.0. The zero-order chi connectivity index (χ0) is 18.9. The molecule has 6 nitrogen and oxygen atoms in total. The zero-order valence-electron chi connectivity index (χ0n) is 14.8. The number of hydrogen-bond donors (Lipinski definition) is 3. The Morgan fingerprint density at radius 2 is 1.81 bits per heavy atom. The molecule has 0 aliphatic carbocycles. The van der Waals surface area contributed by atoms with Crippen molar-refractivity contribution in [1.82, 2.24) is 5.32 Å². The summed E-state index contributed by atoms with van der Waals surface area (Å²) in [4.78, 5) is 23.5. The van der Waals surface area contributed by atoms with Gasteiger partial charge in [0.25, 0.3) is 0 Å². The fraction of sp³-hybridized carbons (Fsp3) is 0.263. The highest BCUT2D eigenvalue weighted by Crippen LogP contribution is 2.20. The van der Waals surface area contributed by atoms with Crippen molar-refractivity contribution in [3.63, 3.8) is 0 Å². The van der Waals surface area contributed by atoms with Crippen LogP contribution in [0.5, 0.6) is 5.75 Å². The maximum Gasteiger partial charge on any atom is 0.319 e. The van der Waals surface area contributed by atoms with Gasteiger partial charge in [0, 0.05) is 22.8 Å². The molecular weight excluding hydrogens is 354 g/mol. The highest BCUT2D eigenvalue weighted by atomic mass is 35.5. The van der Waals surface area contributed by atoms with Gasteiger partial charge in [-0.3, -0.25) is 4.79 Å². The van der Waals surface area contributed by atoms with Crippen LogP contribution in [0.1, 0.15) is 18.9 Å². The molecule has 0 saturated carbocycles. The summed E-state index contributed by atoms with van der Waals surface area (Å²) in [7, 11) is 0. The molecule has 7 heteroatoms. The standard InChI is InChI=1S/C19H22ClN3O3/c1-3-18(24)22-15-7-4-13(2)17(12-15)23-19(25)21-10-11-26-16-8-5-14(20)6-9-16/h4-9,12H,3,10-11H2,1-2H3,(H,22,24)(H2,21,23,25). The highest BCUT2D eigenvalue weighted by molar-refractivity contribution is 6.30. The number of carbonyl (C=O) groups is 2. The molecule has 0 saturated heterocycles. The number of aryl methyl sites for hydroxylation is 1. The quantitative estimate of drug-likeness (QED) is 0.634. The van der Waals surface area contributed by atoms with E-state index in [1.165, 1.54) is 0 Å². The lowest BCUT2D eigenvalue weighted by Gasteiger charge is -2.12. The third kappa shape index (κ3) is 6.29. The lowest BCUT2D eigenvalue weighted by molar-refractivity contribution is -0.115. The topological polar surface area (TPSA) is 79.5 Å². The molecule has 0 radical (unpaired) electrons. The largest absolute Gasteiger partial charge is 0.492 e. The van der Waals surface area contributed by atoms with Crippen molar-refractivity contribution in [2.75, 3.05) is 23.8 Å². The third-order valence-electron chi connectivity index (χ3n) is 3.56. The van der Waals surface area contributed by atoms with E-state index in [0.29, 0.717) is 41.7 Å². The first-order chi connectivity index (χ1) is 12.5. The fourth-order valence-electron chi connectivity index (χ4n) is 2.11. The summed E-state index contributed by atoms with van der Waals surface area (Å²) in [5.74, 6) is 0.607. The van der Waals surface area contributed by atoms with Crippen molar-refractivity contribution >= 4 is 34.9 Å². The summed E-state index contributed by atoms with van der Waals surface area (Å²) in [5.41, 5.74) is 2.17. The van der Waals surface area contributed by atoms with Gasteiger partial charge in [0.2, 0.25) is 5.91 Å². The van der Waals surface area contributed by atoms with Gasteiger partial charge in [0.15, 0.2) is 0 Å². The Morgan fingerprint density at radius 1 is 1.08 bits per heavy atom. The number of amides is 3. The number of ether oxygens (including phenoxy) is 1. The normalized spacial score (nSPS) is 10.1. The Kier molecular flexibility index (Phi) is 7.29. The minimum Gasteiger partial charge on any atom is -0.492 e. The Labute approximate surface area is 157 Å². The molecule has 0 spiro atoms. The van der Waals surface area contributed by atoms with E-state index in [-0.39, 0.29) is 11.9 Å². The second-order valence-electron chi connectivity index (χ2n) is 5.61. The van der Waals surface area contributed by atoms with Crippen LogP contribution < -0.4 is 20.7 Å². The van der Waals surface area contributed by atoms with Crippen molar-refractivity contribution in [2.24, 2.45) is 0 Å². The van der Waals surface area contributed by atoms with E-state index in [4.69, 9.17) is 16.3 Å². The summed E-state index contributed by atoms with van der Waals surface area (Å²) in [6.07, 6.45) is 0.394. The summed E-state index contributed by atoms with van der Waals surface area (Å²) in [5, 5.41) is 8.90. The maximum atomic E-state index is 12.0. The molecule has 3 amide bonds. The molecule has 0 unspecified atom stereocenters. The zero-order valence-corrected chi connectivity index (χ0v) is 15.5. The molecule has 0 aromatic heterocycles. The van der Waals surface area contributed by atoms with Gasteiger partial charge in [0.05, 0.1) is 6.54 Å². The van der Waals surface area contributed by atoms with Gasteiger partial charge in [0.1, 0.15) is 12.4 Å². The van der Waals surface area contributed by atoms with Crippen molar-refractivity contribution in [1.29, 1.82) is 0 Å². The number of rotatable bonds is 7. The Morgan fingerprint density at radius 3 is 2.50 bits per heavy atom. The summed E-state index contributed by atoms with van der Waals surface area (Å²) < 4.78 is 5.51. The number of nitrogens with one attached hydrogen (secondary N) is 3. The van der Waals surface area contributed by atoms with Crippen LogP contribution in [-0.4, -0.2) is 25.1 Å². The highest BCUT2D eigenvalue weighted by Gasteiger charge is 2.07. The average molecular weight is 376 g/mol. The first-order valence-electron chi connectivity index (χ1n) is 8.31. The van der Waals surface area contributed by atoms with E-state index in [2.05, 4.69) is 16.0 Å². The van der Waals surface area contributed by atoms with Gasteiger partial charge >= 0.3 is 6.03 Å². The summed E-state index contributed by atoms with van der Waals surface area (Å²) in [6.45, 7) is 4.34. The van der Waals surface area contributed by atoms with Crippen LogP contribution in [0.2, 0.25) is 5.02 Å². The molecule has 0 fully saturated rings. The van der Waals surface area contributed by atoms with E-state index < -0.39 is 0 Å². The molecule has 0 bridgehead atoms. The number of carbonyl (C=O) groups excluding carboxylic acids is 2. The van der Waals surface area contributed by atoms with E-state index in [1.807, 2.05) is 13.0 Å². The lowest BCUT2D eigenvalue weighted by Crippen LogP contribution is -2.32. The Bertz CT molecular complexity index is 763. The van der Waals surface area contributed by atoms with E-state index in [1.54, 1.807) is 43.3 Å². The van der Waals surface area contributed by atoms with Gasteiger partial charge in [-0.1, -0.05) is 24.6 Å². The van der Waals surface area contributed by atoms with Crippen molar-refractivity contribution in [3.05, 3.63) is 53.1 Å². The Balaban J connectivity index is 1.80. The SMILES string of the molecule is CCC(=O)Nc1ccc(C)c(NC(=O)NCCOc2ccc(Cl)cc2)c1. The number of urea groups is 1. The van der Waals surface area contributed by atoms with E-state index >= 15 is 0 Å². The molecule has 0 heterocycles. The van der Waals surface area contributed by atoms with Crippen LogP contribution in [0.25, 0.3) is 0 Å². The monoisotopic (exact) mass is 375 g/mol. The smallest absolute Gasteiger partial charge is 0.319 e. The second kappa shape index (κ2) is 9.68. The first-order valence-corrected chi connectivity index (χ1v) is 8.69. The minimum atomic E-state index is -0.341. The average Bonchev–Trinajstić information content (AvgIpc) is 2.63. The molecular formula is C19H22ClN3O3. The summed E-state index contributed by atoms with van der Waals surface area (Å²) >= 11 is 5.81. The van der Waals surface area contributed by atoms with Gasteiger partial charge in [-0.15, -0.1) is 0 Å². The molecule has 2 aromatic carbocycles. The van der Waals surface area contributed by atoms with Gasteiger partial charge in [-0.05, 0) is 48.9 Å². The number of benzene rings is 2. The first kappa shape index (κ1) is 19.6. The summed E-state index contributed by atoms with van der Waals surface area (Å²) in [6, 6.07) is 12.0. The minimum absolute atomic E-state index is 0.0800. The van der Waals surface area contributed by atoms with Gasteiger partial charge < -0.3 is 20.7 Å². The Hall–Kier alpha value is -2.73. The molecule has 0 aliphatic rings. The van der Waals surface area contributed by atoms with Crippen LogP contribution in [0.4, 0.5) is 16.2 Å². The number of halogens is 1. The van der Waals surface area contributed by atoms with Gasteiger partial charge in [-0.25, -0.2) is 4.79 Å². The van der Waals surface area contributed by atoms with Crippen molar-refractivity contribution in [3.8, 4) is 5.75 Å². The predicted octanol–water partition coefficient (Wildman–Crippen LogP) is 4.20. The number of anilines is 2. The third-order valence-corrected chi connectivity index (χ3v) is 3.81. The van der Waals surface area contributed by atoms with Crippen LogP contribution in [0, 0.1) is 6.92 Å². The van der Waals surface area contributed by atoms with Crippen LogP contribution in [0.3, 0.4) is 0 Å². The fourth-order valence-corrected chi connectivity index (χ4v) is 2.24. The van der Waals surface area contributed by atoms with Crippen molar-refractivity contribution < 1.29 is 14.3 Å². The molecule has 26 heavy (non-hydrogen) atoms. The molecule has 0 atom stereocenters. The van der Waals surface area contributed by atoms with E-state index in [0.717, 1.165) is 5.56 Å². The van der Waals surface area contributed by atoms with Crippen molar-refractivity contribution in [2.45, 2.75) is 20.3 Å². The predicted molar refractivity (Wildman–Crippen MR) is 104 cm³/mol. The van der Waals surface area contributed by atoms with E-state index in [9.17, 15) is 9.59 Å². The second-order valence-corrected chi connectivity index (χ2v) is 6.05. The molecule has 2 aromatic rings. The molecule has 0 aliphatic heterocycles. The molecule has 2 rings (SSSR count).